The Bertz CT molecular complexity index is 155. The number of hydrogen-bond acceptors (Lipinski definition) is 3. The number of ether oxygens (including phenoxy) is 2. The highest BCUT2D eigenvalue weighted by molar-refractivity contribution is 4.83. The number of methoxy groups -OCH3 is 2. The standard InChI is InChI=1S/C11H22O3/c1-13-11(14-2)8-4-3-6-10(11)7-5-9-12/h10,12H,3-9H2,1-2H3. The molecule has 3 heteroatoms. The molecular weight excluding hydrogens is 180 g/mol. The second-order valence-corrected chi connectivity index (χ2v) is 4.03. The van der Waals surface area contributed by atoms with Crippen molar-refractivity contribution in [3.05, 3.63) is 0 Å². The van der Waals surface area contributed by atoms with Crippen LogP contribution in [0.1, 0.15) is 38.5 Å². The lowest BCUT2D eigenvalue weighted by atomic mass is 9.80. The number of aliphatic hydroxyl groups excluding tert-OH is 1. The molecule has 0 spiro atoms. The highest BCUT2D eigenvalue weighted by Gasteiger charge is 2.40. The molecule has 0 heterocycles. The Labute approximate surface area is 86.4 Å². The van der Waals surface area contributed by atoms with Crippen molar-refractivity contribution in [1.29, 1.82) is 0 Å². The van der Waals surface area contributed by atoms with Crippen molar-refractivity contribution < 1.29 is 14.6 Å². The van der Waals surface area contributed by atoms with Crippen LogP contribution < -0.4 is 0 Å². The lowest BCUT2D eigenvalue weighted by molar-refractivity contribution is -0.255. The van der Waals surface area contributed by atoms with E-state index in [0.717, 1.165) is 25.7 Å². The van der Waals surface area contributed by atoms with Crippen LogP contribution in [0.15, 0.2) is 0 Å². The summed E-state index contributed by atoms with van der Waals surface area (Å²) in [6.45, 7) is 0.264. The van der Waals surface area contributed by atoms with Gasteiger partial charge in [0.2, 0.25) is 0 Å². The average Bonchev–Trinajstić information content (AvgIpc) is 2.26. The summed E-state index contributed by atoms with van der Waals surface area (Å²) in [5.41, 5.74) is 0. The number of rotatable bonds is 5. The molecule has 0 aromatic carbocycles. The van der Waals surface area contributed by atoms with Gasteiger partial charge < -0.3 is 14.6 Å². The smallest absolute Gasteiger partial charge is 0.170 e. The molecule has 1 aliphatic rings. The second kappa shape index (κ2) is 5.69. The van der Waals surface area contributed by atoms with Crippen LogP contribution in [-0.2, 0) is 9.47 Å². The summed E-state index contributed by atoms with van der Waals surface area (Å²) >= 11 is 0. The van der Waals surface area contributed by atoms with Gasteiger partial charge in [0.05, 0.1) is 0 Å². The topological polar surface area (TPSA) is 38.7 Å². The summed E-state index contributed by atoms with van der Waals surface area (Å²) in [5, 5.41) is 8.83. The quantitative estimate of drug-likeness (QED) is 0.692. The normalized spacial score (nSPS) is 26.4. The first kappa shape index (κ1) is 12.0. The second-order valence-electron chi connectivity index (χ2n) is 4.03. The highest BCUT2D eigenvalue weighted by atomic mass is 16.7. The Morgan fingerprint density at radius 2 is 2.00 bits per heavy atom. The van der Waals surface area contributed by atoms with Crippen LogP contribution in [-0.4, -0.2) is 31.7 Å². The van der Waals surface area contributed by atoms with Crippen LogP contribution in [0.3, 0.4) is 0 Å². The predicted molar refractivity (Wildman–Crippen MR) is 55.0 cm³/mol. The largest absolute Gasteiger partial charge is 0.396 e. The van der Waals surface area contributed by atoms with Crippen LogP contribution in [0.25, 0.3) is 0 Å². The van der Waals surface area contributed by atoms with E-state index in [1.807, 2.05) is 0 Å². The molecule has 0 bridgehead atoms. The third-order valence-electron chi connectivity index (χ3n) is 3.35. The fourth-order valence-electron chi connectivity index (χ4n) is 2.51. The first-order valence-corrected chi connectivity index (χ1v) is 5.50. The van der Waals surface area contributed by atoms with E-state index in [2.05, 4.69) is 0 Å². The summed E-state index contributed by atoms with van der Waals surface area (Å²) in [7, 11) is 3.45. The number of aliphatic hydroxyl groups is 1. The molecule has 0 amide bonds. The highest BCUT2D eigenvalue weighted by Crippen LogP contribution is 2.39. The molecule has 0 aliphatic heterocycles. The molecule has 1 rings (SSSR count). The lowest BCUT2D eigenvalue weighted by Gasteiger charge is -2.41. The SMILES string of the molecule is COC1(OC)CCCCC1CCCO. The summed E-state index contributed by atoms with van der Waals surface area (Å²) in [5.74, 6) is 0.0614. The average molecular weight is 202 g/mol. The minimum Gasteiger partial charge on any atom is -0.396 e. The van der Waals surface area contributed by atoms with Crippen molar-refractivity contribution in [3.63, 3.8) is 0 Å². The van der Waals surface area contributed by atoms with Gasteiger partial charge in [-0.25, -0.2) is 0 Å². The van der Waals surface area contributed by atoms with Crippen molar-refractivity contribution in [3.8, 4) is 0 Å². The summed E-state index contributed by atoms with van der Waals surface area (Å²) in [6.07, 6.45) is 6.41. The lowest BCUT2D eigenvalue weighted by Crippen LogP contribution is -2.44. The molecule has 1 atom stereocenters. The van der Waals surface area contributed by atoms with Crippen molar-refractivity contribution in [1.82, 2.24) is 0 Å². The minimum absolute atomic E-state index is 0.264. The molecule has 1 N–H and O–H groups in total. The molecule has 0 radical (unpaired) electrons. The maximum atomic E-state index is 8.83. The molecule has 1 unspecified atom stereocenters. The molecule has 14 heavy (non-hydrogen) atoms. The molecule has 3 nitrogen and oxygen atoms in total. The van der Waals surface area contributed by atoms with E-state index in [-0.39, 0.29) is 12.4 Å². The maximum Gasteiger partial charge on any atom is 0.170 e. The van der Waals surface area contributed by atoms with Crippen LogP contribution in [0, 0.1) is 5.92 Å². The summed E-state index contributed by atoms with van der Waals surface area (Å²) < 4.78 is 11.1. The van der Waals surface area contributed by atoms with E-state index in [9.17, 15) is 0 Å². The molecule has 0 saturated heterocycles. The monoisotopic (exact) mass is 202 g/mol. The zero-order valence-electron chi connectivity index (χ0n) is 9.29. The van der Waals surface area contributed by atoms with Gasteiger partial charge in [-0.15, -0.1) is 0 Å². The van der Waals surface area contributed by atoms with Crippen LogP contribution in [0.5, 0.6) is 0 Å². The Balaban J connectivity index is 2.56. The minimum atomic E-state index is -0.382. The van der Waals surface area contributed by atoms with E-state index in [0.29, 0.717) is 5.92 Å². The molecular formula is C11H22O3. The zero-order valence-corrected chi connectivity index (χ0v) is 9.29. The Kier molecular flexibility index (Phi) is 4.85. The van der Waals surface area contributed by atoms with Crippen LogP contribution in [0.4, 0.5) is 0 Å². The van der Waals surface area contributed by atoms with Crippen molar-refractivity contribution in [2.24, 2.45) is 5.92 Å². The van der Waals surface area contributed by atoms with Crippen molar-refractivity contribution in [2.45, 2.75) is 44.3 Å². The third-order valence-corrected chi connectivity index (χ3v) is 3.35. The van der Waals surface area contributed by atoms with Crippen molar-refractivity contribution >= 4 is 0 Å². The Hall–Kier alpha value is -0.120. The Morgan fingerprint density at radius 1 is 1.29 bits per heavy atom. The third kappa shape index (κ3) is 2.47. The maximum absolute atomic E-state index is 8.83. The van der Waals surface area contributed by atoms with Gasteiger partial charge in [-0.05, 0) is 25.7 Å². The molecule has 1 fully saturated rings. The molecule has 1 aliphatic carbocycles. The molecule has 0 aromatic heterocycles. The van der Waals surface area contributed by atoms with E-state index < -0.39 is 0 Å². The zero-order chi connectivity index (χ0) is 10.4. The van der Waals surface area contributed by atoms with Gasteiger partial charge >= 0.3 is 0 Å². The molecule has 84 valence electrons. The molecule has 1 saturated carbocycles. The van der Waals surface area contributed by atoms with Gasteiger partial charge in [0, 0.05) is 33.2 Å². The summed E-state index contributed by atoms with van der Waals surface area (Å²) in [6, 6.07) is 0. The first-order chi connectivity index (χ1) is 6.79. The molecule has 0 aromatic rings. The van der Waals surface area contributed by atoms with Gasteiger partial charge in [0.15, 0.2) is 5.79 Å². The van der Waals surface area contributed by atoms with Crippen molar-refractivity contribution in [2.75, 3.05) is 20.8 Å². The van der Waals surface area contributed by atoms with Gasteiger partial charge in [-0.2, -0.15) is 0 Å². The first-order valence-electron chi connectivity index (χ1n) is 5.50. The predicted octanol–water partition coefficient (Wildman–Crippen LogP) is 1.94. The van der Waals surface area contributed by atoms with Crippen LogP contribution >= 0.6 is 0 Å². The van der Waals surface area contributed by atoms with Gasteiger partial charge in [-0.3, -0.25) is 0 Å². The van der Waals surface area contributed by atoms with Gasteiger partial charge in [-0.1, -0.05) is 6.42 Å². The van der Waals surface area contributed by atoms with E-state index in [4.69, 9.17) is 14.6 Å². The van der Waals surface area contributed by atoms with E-state index in [1.54, 1.807) is 14.2 Å². The fraction of sp³-hybridized carbons (Fsp3) is 1.00. The number of hydrogen-bond donors (Lipinski definition) is 1. The fourth-order valence-corrected chi connectivity index (χ4v) is 2.51. The van der Waals surface area contributed by atoms with Gasteiger partial charge in [0.1, 0.15) is 0 Å². The van der Waals surface area contributed by atoms with E-state index in [1.165, 1.54) is 12.8 Å². The van der Waals surface area contributed by atoms with Crippen LogP contribution in [0.2, 0.25) is 0 Å². The summed E-state index contributed by atoms with van der Waals surface area (Å²) in [4.78, 5) is 0. The van der Waals surface area contributed by atoms with Gasteiger partial charge in [0.25, 0.3) is 0 Å². The van der Waals surface area contributed by atoms with E-state index >= 15 is 0 Å². The Morgan fingerprint density at radius 3 is 2.57 bits per heavy atom.